The van der Waals surface area contributed by atoms with Crippen LogP contribution in [-0.2, 0) is 11.3 Å². The molecule has 0 unspecified atom stereocenters. The normalized spacial score (nSPS) is 11.2. The minimum atomic E-state index is -0.0401. The molecule has 0 spiro atoms. The van der Waals surface area contributed by atoms with E-state index < -0.39 is 0 Å². The van der Waals surface area contributed by atoms with Gasteiger partial charge in [0, 0.05) is 30.6 Å². The molecule has 3 rings (SSSR count). The molecule has 3 aromatic rings. The Hall–Kier alpha value is -2.59. The highest BCUT2D eigenvalue weighted by Crippen LogP contribution is 2.21. The van der Waals surface area contributed by atoms with Crippen molar-refractivity contribution in [2.45, 2.75) is 32.9 Å². The molecule has 26 heavy (non-hydrogen) atoms. The minimum Gasteiger partial charge on any atom is -0.379 e. The third kappa shape index (κ3) is 4.52. The molecule has 1 aromatic heterocycles. The topological polar surface area (TPSA) is 43.3 Å². The molecule has 2 aromatic carbocycles. The van der Waals surface area contributed by atoms with Gasteiger partial charge in [0.05, 0.1) is 6.10 Å². The maximum Gasteiger partial charge on any atom is 0.267 e. The first kappa shape index (κ1) is 18.2. The van der Waals surface area contributed by atoms with Gasteiger partial charge < -0.3 is 14.6 Å². The fraction of sp³-hybridized carbons (Fsp3) is 0.318. The predicted octanol–water partition coefficient (Wildman–Crippen LogP) is 4.23. The molecule has 1 N–H and O–H groups in total. The highest BCUT2D eigenvalue weighted by atomic mass is 16.5. The number of benzene rings is 2. The van der Waals surface area contributed by atoms with Gasteiger partial charge in [0.15, 0.2) is 0 Å². The lowest BCUT2D eigenvalue weighted by atomic mass is 10.2. The summed E-state index contributed by atoms with van der Waals surface area (Å²) in [5, 5.41) is 4.10. The summed E-state index contributed by atoms with van der Waals surface area (Å²) in [7, 11) is 0. The van der Waals surface area contributed by atoms with Crippen molar-refractivity contribution < 1.29 is 9.53 Å². The zero-order valence-corrected chi connectivity index (χ0v) is 15.4. The highest BCUT2D eigenvalue weighted by Gasteiger charge is 2.15. The maximum atomic E-state index is 12.7. The summed E-state index contributed by atoms with van der Waals surface area (Å²) in [5.74, 6) is -0.0401. The Morgan fingerprint density at radius 2 is 1.81 bits per heavy atom. The summed E-state index contributed by atoms with van der Waals surface area (Å²) in [6.45, 7) is 5.97. The summed E-state index contributed by atoms with van der Waals surface area (Å²) in [4.78, 5) is 12.7. The minimum absolute atomic E-state index is 0.0401. The second-order valence-electron chi connectivity index (χ2n) is 6.69. The molecule has 4 heteroatoms. The van der Waals surface area contributed by atoms with E-state index in [0.717, 1.165) is 17.3 Å². The van der Waals surface area contributed by atoms with Crippen molar-refractivity contribution in [2.75, 3.05) is 13.2 Å². The van der Waals surface area contributed by atoms with Crippen LogP contribution in [0.1, 0.15) is 36.3 Å². The van der Waals surface area contributed by atoms with Gasteiger partial charge in [-0.25, -0.2) is 0 Å². The Bertz CT molecular complexity index is 853. The third-order valence-corrected chi connectivity index (χ3v) is 4.28. The lowest BCUT2D eigenvalue weighted by Crippen LogP contribution is -2.27. The van der Waals surface area contributed by atoms with Crippen molar-refractivity contribution in [2.24, 2.45) is 0 Å². The van der Waals surface area contributed by atoms with Crippen molar-refractivity contribution >= 4 is 16.8 Å². The van der Waals surface area contributed by atoms with Crippen LogP contribution in [0.15, 0.2) is 60.7 Å². The van der Waals surface area contributed by atoms with E-state index in [-0.39, 0.29) is 12.0 Å². The van der Waals surface area contributed by atoms with Crippen molar-refractivity contribution in [1.29, 1.82) is 0 Å². The van der Waals surface area contributed by atoms with E-state index in [1.54, 1.807) is 0 Å². The van der Waals surface area contributed by atoms with Gasteiger partial charge in [0.2, 0.25) is 0 Å². The number of carbonyl (C=O) groups excluding carboxylic acids is 1. The molecule has 1 heterocycles. The standard InChI is InChI=1S/C22H26N2O2/c1-17(2)26-14-8-13-23-22(25)21-15-19-11-6-7-12-20(19)24(21)16-18-9-4-3-5-10-18/h3-7,9-12,15,17H,8,13-14,16H2,1-2H3,(H,23,25). The molecule has 0 fully saturated rings. The SMILES string of the molecule is CC(C)OCCCNC(=O)c1cc2ccccc2n1Cc1ccccc1. The number of hydrogen-bond donors (Lipinski definition) is 1. The molecular formula is C22H26N2O2. The van der Waals surface area contributed by atoms with Crippen molar-refractivity contribution in [3.8, 4) is 0 Å². The van der Waals surface area contributed by atoms with Crippen LogP contribution in [0.3, 0.4) is 0 Å². The molecule has 136 valence electrons. The van der Waals surface area contributed by atoms with Crippen LogP contribution >= 0.6 is 0 Å². The Labute approximate surface area is 154 Å². The van der Waals surface area contributed by atoms with Crippen molar-refractivity contribution in [1.82, 2.24) is 9.88 Å². The Kier molecular flexibility index (Phi) is 6.08. The fourth-order valence-electron chi connectivity index (χ4n) is 3.02. The second kappa shape index (κ2) is 8.68. The van der Waals surface area contributed by atoms with E-state index in [0.29, 0.717) is 25.4 Å². The fourth-order valence-corrected chi connectivity index (χ4v) is 3.02. The Morgan fingerprint density at radius 3 is 2.58 bits per heavy atom. The van der Waals surface area contributed by atoms with E-state index >= 15 is 0 Å². The zero-order valence-electron chi connectivity index (χ0n) is 15.4. The maximum absolute atomic E-state index is 12.7. The first-order chi connectivity index (χ1) is 12.6. The molecular weight excluding hydrogens is 324 g/mol. The lowest BCUT2D eigenvalue weighted by molar-refractivity contribution is 0.0756. The van der Waals surface area contributed by atoms with Crippen LogP contribution in [0, 0.1) is 0 Å². The first-order valence-electron chi connectivity index (χ1n) is 9.17. The molecule has 4 nitrogen and oxygen atoms in total. The summed E-state index contributed by atoms with van der Waals surface area (Å²) in [6.07, 6.45) is 1.03. The van der Waals surface area contributed by atoms with E-state index in [1.165, 1.54) is 5.56 Å². The number of carbonyl (C=O) groups is 1. The van der Waals surface area contributed by atoms with E-state index in [2.05, 4.69) is 28.1 Å². The van der Waals surface area contributed by atoms with Crippen LogP contribution in [0.5, 0.6) is 0 Å². The molecule has 0 saturated carbocycles. The number of para-hydroxylation sites is 1. The van der Waals surface area contributed by atoms with Crippen molar-refractivity contribution in [3.63, 3.8) is 0 Å². The molecule has 0 aliphatic heterocycles. The Morgan fingerprint density at radius 1 is 1.08 bits per heavy atom. The zero-order chi connectivity index (χ0) is 18.4. The smallest absolute Gasteiger partial charge is 0.267 e. The molecule has 0 aliphatic rings. The van der Waals surface area contributed by atoms with Gasteiger partial charge in [-0.3, -0.25) is 4.79 Å². The largest absolute Gasteiger partial charge is 0.379 e. The average molecular weight is 350 g/mol. The van der Waals surface area contributed by atoms with Gasteiger partial charge in [-0.2, -0.15) is 0 Å². The molecule has 0 aliphatic carbocycles. The van der Waals surface area contributed by atoms with Gasteiger partial charge in [0.1, 0.15) is 5.69 Å². The second-order valence-corrected chi connectivity index (χ2v) is 6.69. The number of hydrogen-bond acceptors (Lipinski definition) is 2. The predicted molar refractivity (Wildman–Crippen MR) is 106 cm³/mol. The van der Waals surface area contributed by atoms with Gasteiger partial charge in [0.25, 0.3) is 5.91 Å². The van der Waals surface area contributed by atoms with E-state index in [9.17, 15) is 4.79 Å². The number of nitrogens with one attached hydrogen (secondary N) is 1. The van der Waals surface area contributed by atoms with Gasteiger partial charge in [-0.15, -0.1) is 0 Å². The Balaban J connectivity index is 1.76. The average Bonchev–Trinajstić information content (AvgIpc) is 3.01. The molecule has 0 atom stereocenters. The summed E-state index contributed by atoms with van der Waals surface area (Å²) >= 11 is 0. The first-order valence-corrected chi connectivity index (χ1v) is 9.17. The molecule has 1 amide bonds. The molecule has 0 bridgehead atoms. The summed E-state index contributed by atoms with van der Waals surface area (Å²) < 4.78 is 7.61. The van der Waals surface area contributed by atoms with E-state index in [4.69, 9.17) is 4.74 Å². The monoisotopic (exact) mass is 350 g/mol. The highest BCUT2D eigenvalue weighted by molar-refractivity contribution is 5.98. The number of nitrogens with zero attached hydrogens (tertiary/aromatic N) is 1. The number of amides is 1. The van der Waals surface area contributed by atoms with Crippen LogP contribution in [-0.4, -0.2) is 29.7 Å². The molecule has 0 saturated heterocycles. The van der Waals surface area contributed by atoms with Gasteiger partial charge >= 0.3 is 0 Å². The van der Waals surface area contributed by atoms with Crippen LogP contribution < -0.4 is 5.32 Å². The van der Waals surface area contributed by atoms with Crippen LogP contribution in [0.4, 0.5) is 0 Å². The number of aromatic nitrogens is 1. The summed E-state index contributed by atoms with van der Waals surface area (Å²) in [6, 6.07) is 20.3. The quantitative estimate of drug-likeness (QED) is 0.618. The van der Waals surface area contributed by atoms with E-state index in [1.807, 2.05) is 56.3 Å². The molecule has 0 radical (unpaired) electrons. The number of ether oxygens (including phenoxy) is 1. The number of fused-ring (bicyclic) bond motifs is 1. The van der Waals surface area contributed by atoms with Crippen LogP contribution in [0.25, 0.3) is 10.9 Å². The van der Waals surface area contributed by atoms with Crippen LogP contribution in [0.2, 0.25) is 0 Å². The third-order valence-electron chi connectivity index (χ3n) is 4.28. The van der Waals surface area contributed by atoms with Crippen molar-refractivity contribution in [3.05, 3.63) is 71.9 Å². The van der Waals surface area contributed by atoms with Gasteiger partial charge in [-0.1, -0.05) is 48.5 Å². The summed E-state index contributed by atoms with van der Waals surface area (Å²) in [5.41, 5.74) is 2.94. The number of rotatable bonds is 8. The lowest BCUT2D eigenvalue weighted by Gasteiger charge is -2.12. The van der Waals surface area contributed by atoms with Gasteiger partial charge in [-0.05, 0) is 38.0 Å².